The van der Waals surface area contributed by atoms with E-state index in [0.29, 0.717) is 5.92 Å². The lowest BCUT2D eigenvalue weighted by Gasteiger charge is -2.33. The number of nitrogens with one attached hydrogen (secondary N) is 1. The molecule has 0 aromatic heterocycles. The van der Waals surface area contributed by atoms with Crippen molar-refractivity contribution in [2.45, 2.75) is 24.9 Å². The third-order valence-electron chi connectivity index (χ3n) is 12.6. The van der Waals surface area contributed by atoms with Crippen molar-refractivity contribution in [3.05, 3.63) is 235 Å². The highest BCUT2D eigenvalue weighted by molar-refractivity contribution is 6.18. The number of anilines is 3. The molecule has 59 heavy (non-hydrogen) atoms. The third kappa shape index (κ3) is 6.20. The highest BCUT2D eigenvalue weighted by Gasteiger charge is 2.35. The maximum absolute atomic E-state index is 3.88. The van der Waals surface area contributed by atoms with E-state index in [1.807, 2.05) is 0 Å². The first kappa shape index (κ1) is 35.0. The van der Waals surface area contributed by atoms with E-state index < -0.39 is 0 Å². The van der Waals surface area contributed by atoms with Crippen molar-refractivity contribution in [2.24, 2.45) is 5.92 Å². The van der Waals surface area contributed by atoms with Crippen LogP contribution in [0.25, 0.3) is 54.9 Å². The number of benzene rings is 8. The van der Waals surface area contributed by atoms with Crippen LogP contribution >= 0.6 is 0 Å². The van der Waals surface area contributed by atoms with Crippen molar-refractivity contribution in [2.75, 3.05) is 10.2 Å². The molecule has 3 unspecified atom stereocenters. The van der Waals surface area contributed by atoms with E-state index >= 15 is 0 Å². The van der Waals surface area contributed by atoms with E-state index in [0.717, 1.165) is 12.8 Å². The number of hydrogen-bond acceptors (Lipinski definition) is 2. The van der Waals surface area contributed by atoms with Gasteiger partial charge in [0.25, 0.3) is 0 Å². The van der Waals surface area contributed by atoms with E-state index in [9.17, 15) is 0 Å². The second-order valence-corrected chi connectivity index (χ2v) is 15.9. The zero-order valence-corrected chi connectivity index (χ0v) is 32.9. The van der Waals surface area contributed by atoms with Crippen LogP contribution in [0.4, 0.5) is 17.1 Å². The molecule has 282 valence electrons. The van der Waals surface area contributed by atoms with Crippen LogP contribution < -0.4 is 10.2 Å². The Morgan fingerprint density at radius 3 is 1.97 bits per heavy atom. The van der Waals surface area contributed by atoms with E-state index in [1.165, 1.54) is 88.7 Å². The maximum Gasteiger partial charge on any atom is 0.111 e. The molecule has 0 saturated heterocycles. The van der Waals surface area contributed by atoms with Gasteiger partial charge < -0.3 is 10.2 Å². The van der Waals surface area contributed by atoms with Crippen molar-refractivity contribution in [3.63, 3.8) is 0 Å². The number of hydrogen-bond donors (Lipinski definition) is 1. The van der Waals surface area contributed by atoms with Gasteiger partial charge in [-0.1, -0.05) is 188 Å². The molecule has 1 aliphatic heterocycles. The topological polar surface area (TPSA) is 15.3 Å². The summed E-state index contributed by atoms with van der Waals surface area (Å²) in [5.41, 5.74) is 15.2. The normalized spacial score (nSPS) is 18.4. The fourth-order valence-electron chi connectivity index (χ4n) is 9.91. The summed E-state index contributed by atoms with van der Waals surface area (Å²) in [6, 6.07) is 66.7. The van der Waals surface area contributed by atoms with Gasteiger partial charge in [-0.15, -0.1) is 0 Å². The van der Waals surface area contributed by atoms with Crippen molar-refractivity contribution in [1.29, 1.82) is 0 Å². The summed E-state index contributed by atoms with van der Waals surface area (Å²) in [6.07, 6.45) is 16.2. The second kappa shape index (κ2) is 15.0. The molecule has 3 aliphatic rings. The standard InChI is InChI=1S/C57H44N2/c1-4-18-40(19-5-1)45-24-10-12-26-47(45)55-49-28-14-15-29-50(49)56(48-27-13-11-25-46(48)41-20-6-2-7-21-41)52-38-43(36-37-51(52)55)39-32-34-42(35-33-39)57-58-53-30-16-17-31-54(53)59(57)44-22-8-3-9-23-44/h1-25,27-34,36-38,42,47,57-58H,26,35H2. The number of rotatable bonds is 7. The summed E-state index contributed by atoms with van der Waals surface area (Å²) in [4.78, 5) is 2.47. The fourth-order valence-corrected chi connectivity index (χ4v) is 9.91. The molecule has 0 radical (unpaired) electrons. The van der Waals surface area contributed by atoms with Crippen LogP contribution in [0, 0.1) is 5.92 Å². The van der Waals surface area contributed by atoms with Gasteiger partial charge in [-0.25, -0.2) is 0 Å². The van der Waals surface area contributed by atoms with Gasteiger partial charge in [-0.3, -0.25) is 0 Å². The van der Waals surface area contributed by atoms with E-state index in [2.05, 4.69) is 229 Å². The molecule has 0 amide bonds. The molecule has 0 spiro atoms. The Morgan fingerprint density at radius 2 is 1.19 bits per heavy atom. The minimum atomic E-state index is 0.117. The zero-order chi connectivity index (χ0) is 39.1. The van der Waals surface area contributed by atoms with E-state index in [1.54, 1.807) is 0 Å². The summed E-state index contributed by atoms with van der Waals surface area (Å²) >= 11 is 0. The first-order valence-electron chi connectivity index (χ1n) is 20.9. The Balaban J connectivity index is 1.07. The van der Waals surface area contributed by atoms with Gasteiger partial charge in [-0.05, 0) is 115 Å². The minimum Gasteiger partial charge on any atom is -0.363 e. The van der Waals surface area contributed by atoms with E-state index in [4.69, 9.17) is 0 Å². The smallest absolute Gasteiger partial charge is 0.111 e. The lowest BCUT2D eigenvalue weighted by Crippen LogP contribution is -2.38. The highest BCUT2D eigenvalue weighted by Crippen LogP contribution is 2.50. The van der Waals surface area contributed by atoms with Gasteiger partial charge >= 0.3 is 0 Å². The average Bonchev–Trinajstić information content (AvgIpc) is 3.71. The number of nitrogens with zero attached hydrogens (tertiary/aromatic N) is 1. The minimum absolute atomic E-state index is 0.117. The molecule has 1 N–H and O–H groups in total. The molecule has 8 aromatic carbocycles. The Kier molecular flexibility index (Phi) is 8.89. The van der Waals surface area contributed by atoms with Crippen LogP contribution in [0.2, 0.25) is 0 Å². The molecule has 2 nitrogen and oxygen atoms in total. The molecule has 11 rings (SSSR count). The highest BCUT2D eigenvalue weighted by atomic mass is 15.3. The molecule has 0 saturated carbocycles. The van der Waals surface area contributed by atoms with Crippen LogP contribution in [0.5, 0.6) is 0 Å². The predicted octanol–water partition coefficient (Wildman–Crippen LogP) is 15.0. The van der Waals surface area contributed by atoms with Gasteiger partial charge in [0, 0.05) is 17.5 Å². The molecule has 1 heterocycles. The van der Waals surface area contributed by atoms with Gasteiger partial charge in [0.2, 0.25) is 0 Å². The molecule has 3 atom stereocenters. The predicted molar refractivity (Wildman–Crippen MR) is 251 cm³/mol. The van der Waals surface area contributed by atoms with Crippen molar-refractivity contribution >= 4 is 49.8 Å². The average molecular weight is 757 g/mol. The molecule has 0 bridgehead atoms. The Hall–Kier alpha value is -7.16. The lowest BCUT2D eigenvalue weighted by molar-refractivity contribution is 0.553. The van der Waals surface area contributed by atoms with Crippen LogP contribution in [0.1, 0.15) is 35.4 Å². The van der Waals surface area contributed by atoms with Crippen LogP contribution in [-0.2, 0) is 0 Å². The van der Waals surface area contributed by atoms with Gasteiger partial charge in [0.15, 0.2) is 0 Å². The first-order chi connectivity index (χ1) is 29.3. The summed E-state index contributed by atoms with van der Waals surface area (Å²) < 4.78 is 0. The van der Waals surface area contributed by atoms with Gasteiger partial charge in [0.1, 0.15) is 6.17 Å². The number of fused-ring (bicyclic) bond motifs is 3. The molecular weight excluding hydrogens is 713 g/mol. The Bertz CT molecular complexity index is 2970. The molecule has 2 heteroatoms. The third-order valence-corrected chi connectivity index (χ3v) is 12.6. The van der Waals surface area contributed by atoms with Gasteiger partial charge in [0.05, 0.1) is 11.4 Å². The van der Waals surface area contributed by atoms with Crippen molar-refractivity contribution < 1.29 is 0 Å². The maximum atomic E-state index is 3.88. The van der Waals surface area contributed by atoms with Crippen LogP contribution in [0.3, 0.4) is 0 Å². The van der Waals surface area contributed by atoms with Crippen LogP contribution in [-0.4, -0.2) is 6.17 Å². The Labute approximate surface area is 346 Å². The zero-order valence-electron chi connectivity index (χ0n) is 32.9. The molecular formula is C57H44N2. The van der Waals surface area contributed by atoms with Crippen molar-refractivity contribution in [1.82, 2.24) is 0 Å². The monoisotopic (exact) mass is 756 g/mol. The molecule has 0 fully saturated rings. The summed E-state index contributed by atoms with van der Waals surface area (Å²) in [7, 11) is 0. The quantitative estimate of drug-likeness (QED) is 0.163. The number of allylic oxidation sites excluding steroid dienone is 7. The summed E-state index contributed by atoms with van der Waals surface area (Å²) in [5, 5.41) is 9.10. The molecule has 2 aliphatic carbocycles. The lowest BCUT2D eigenvalue weighted by atomic mass is 9.75. The second-order valence-electron chi connectivity index (χ2n) is 15.9. The number of para-hydroxylation sites is 3. The van der Waals surface area contributed by atoms with Crippen molar-refractivity contribution in [3.8, 4) is 22.3 Å². The fraction of sp³-hybridized carbons (Fsp3) is 0.0877. The summed E-state index contributed by atoms with van der Waals surface area (Å²) in [5.74, 6) is 0.502. The van der Waals surface area contributed by atoms with E-state index in [-0.39, 0.29) is 12.1 Å². The van der Waals surface area contributed by atoms with Gasteiger partial charge in [-0.2, -0.15) is 0 Å². The van der Waals surface area contributed by atoms with Crippen LogP contribution in [0.15, 0.2) is 218 Å². The Morgan fingerprint density at radius 1 is 0.525 bits per heavy atom. The molecule has 8 aromatic rings. The summed E-state index contributed by atoms with van der Waals surface area (Å²) in [6.45, 7) is 0. The first-order valence-corrected chi connectivity index (χ1v) is 20.9. The largest absolute Gasteiger partial charge is 0.363 e. The SMILES string of the molecule is C1=CCC(c2c3ccccc3c(-c3ccccc3-c3ccccc3)c3cc(C4=CCC(C5Nc6ccccc6N5c5ccccc5)C=C4)ccc23)C(c2ccccc2)=C1.